The van der Waals surface area contributed by atoms with E-state index in [0.717, 1.165) is 17.2 Å². The molecule has 0 heterocycles. The van der Waals surface area contributed by atoms with Gasteiger partial charge in [-0.25, -0.2) is 0 Å². The molecule has 1 N–H and O–H groups in total. The fourth-order valence-corrected chi connectivity index (χ4v) is 5.87. The monoisotopic (exact) mass is 316 g/mol. The third-order valence-corrected chi connectivity index (χ3v) is 5.82. The fourth-order valence-electron chi connectivity index (χ4n) is 3.45. The van der Waals surface area contributed by atoms with E-state index in [1.807, 2.05) is 18.2 Å². The summed E-state index contributed by atoms with van der Waals surface area (Å²) in [6.45, 7) is 10.4. The van der Waals surface area contributed by atoms with Crippen LogP contribution in [-0.4, -0.2) is 19.3 Å². The van der Waals surface area contributed by atoms with Crippen molar-refractivity contribution in [3.05, 3.63) is 41.5 Å². The molecule has 0 saturated carbocycles. The average molecular weight is 316 g/mol. The smallest absolute Gasteiger partial charge is 0.332 e. The molecule has 1 aliphatic carbocycles. The second kappa shape index (κ2) is 5.08. The third kappa shape index (κ3) is 2.91. The van der Waals surface area contributed by atoms with Gasteiger partial charge in [-0.3, -0.25) is 0 Å². The first-order valence-corrected chi connectivity index (χ1v) is 10.6. The minimum atomic E-state index is -2.24. The van der Waals surface area contributed by atoms with E-state index in [9.17, 15) is 5.11 Å². The Morgan fingerprint density at radius 2 is 1.86 bits per heavy atom. The maximum Gasteiger partial charge on any atom is 0.332 e. The van der Waals surface area contributed by atoms with Gasteiger partial charge in [-0.05, 0) is 56.4 Å². The number of hydrogen-bond acceptors (Lipinski definition) is 3. The summed E-state index contributed by atoms with van der Waals surface area (Å²) in [5.41, 5.74) is 2.21. The van der Waals surface area contributed by atoms with Gasteiger partial charge in [0.15, 0.2) is 0 Å². The predicted octanol–water partition coefficient (Wildman–Crippen LogP) is 4.68. The van der Waals surface area contributed by atoms with Crippen LogP contribution in [0.1, 0.15) is 38.0 Å². The van der Waals surface area contributed by atoms with Crippen molar-refractivity contribution < 1.29 is 14.0 Å². The molecule has 3 rings (SSSR count). The highest BCUT2D eigenvalue weighted by molar-refractivity contribution is 6.64. The summed E-state index contributed by atoms with van der Waals surface area (Å²) in [6, 6.07) is 9.84. The second-order valence-electron chi connectivity index (χ2n) is 7.44. The van der Waals surface area contributed by atoms with Gasteiger partial charge >= 0.3 is 8.56 Å². The molecule has 0 bridgehead atoms. The standard InChI is InChI=1S/C18H24O3Si/c1-18(2,3)21-22(4,5)20-16-11-12-9-10-15(19)13-7-6-8-14(16)17(12)13/h6-10,16,19H,11H2,1-5H3. The van der Waals surface area contributed by atoms with Crippen molar-refractivity contribution in [2.24, 2.45) is 0 Å². The van der Waals surface area contributed by atoms with Gasteiger partial charge in [-0.15, -0.1) is 0 Å². The van der Waals surface area contributed by atoms with Crippen LogP contribution >= 0.6 is 0 Å². The van der Waals surface area contributed by atoms with Crippen molar-refractivity contribution in [1.29, 1.82) is 0 Å². The molecule has 0 saturated heterocycles. The Hall–Kier alpha value is -1.36. The van der Waals surface area contributed by atoms with Crippen molar-refractivity contribution >= 4 is 19.3 Å². The fraction of sp³-hybridized carbons (Fsp3) is 0.444. The normalized spacial score (nSPS) is 18.1. The zero-order valence-corrected chi connectivity index (χ0v) is 14.9. The number of phenols is 1. The first kappa shape index (κ1) is 15.5. The van der Waals surface area contributed by atoms with Crippen molar-refractivity contribution in [3.63, 3.8) is 0 Å². The Bertz CT molecular complexity index is 716. The molecule has 0 amide bonds. The number of benzene rings is 2. The Balaban J connectivity index is 1.93. The number of hydrogen-bond donors (Lipinski definition) is 1. The summed E-state index contributed by atoms with van der Waals surface area (Å²) in [7, 11) is -2.24. The van der Waals surface area contributed by atoms with Gasteiger partial charge in [0.2, 0.25) is 0 Å². The molecule has 1 atom stereocenters. The number of rotatable bonds is 3. The molecule has 1 aliphatic rings. The highest BCUT2D eigenvalue weighted by atomic mass is 28.4. The van der Waals surface area contributed by atoms with E-state index < -0.39 is 8.56 Å². The molecule has 3 nitrogen and oxygen atoms in total. The van der Waals surface area contributed by atoms with Gasteiger partial charge in [0, 0.05) is 11.8 Å². The molecule has 2 aromatic rings. The highest BCUT2D eigenvalue weighted by Gasteiger charge is 2.36. The number of phenolic OH excluding ortho intramolecular Hbond substituents is 1. The zero-order chi connectivity index (χ0) is 16.1. The molecule has 0 fully saturated rings. The quantitative estimate of drug-likeness (QED) is 0.836. The summed E-state index contributed by atoms with van der Waals surface area (Å²) in [5, 5.41) is 12.1. The van der Waals surface area contributed by atoms with E-state index in [0.29, 0.717) is 5.75 Å². The lowest BCUT2D eigenvalue weighted by Gasteiger charge is -2.34. The highest BCUT2D eigenvalue weighted by Crippen LogP contribution is 2.43. The minimum absolute atomic E-state index is 0.0181. The average Bonchev–Trinajstić information content (AvgIpc) is 2.70. The maximum atomic E-state index is 10.1. The third-order valence-electron chi connectivity index (χ3n) is 3.87. The molecular weight excluding hydrogens is 292 g/mol. The van der Waals surface area contributed by atoms with Gasteiger partial charge in [0.25, 0.3) is 0 Å². The van der Waals surface area contributed by atoms with Gasteiger partial charge in [-0.2, -0.15) is 0 Å². The van der Waals surface area contributed by atoms with Gasteiger partial charge in [0.05, 0.1) is 11.7 Å². The Morgan fingerprint density at radius 1 is 1.14 bits per heavy atom. The molecule has 1 unspecified atom stereocenters. The van der Waals surface area contributed by atoms with E-state index in [1.165, 1.54) is 11.1 Å². The van der Waals surface area contributed by atoms with Crippen LogP contribution in [-0.2, 0) is 15.3 Å². The van der Waals surface area contributed by atoms with E-state index in [-0.39, 0.29) is 11.7 Å². The van der Waals surface area contributed by atoms with Crippen LogP contribution in [0, 0.1) is 0 Å². The zero-order valence-electron chi connectivity index (χ0n) is 13.9. The Kier molecular flexibility index (Phi) is 3.59. The molecule has 0 spiro atoms. The van der Waals surface area contributed by atoms with Crippen LogP contribution in [0.15, 0.2) is 30.3 Å². The van der Waals surface area contributed by atoms with Crippen LogP contribution < -0.4 is 0 Å². The summed E-state index contributed by atoms with van der Waals surface area (Å²) < 4.78 is 12.6. The van der Waals surface area contributed by atoms with E-state index in [4.69, 9.17) is 8.85 Å². The summed E-state index contributed by atoms with van der Waals surface area (Å²) in [6.07, 6.45) is 0.865. The largest absolute Gasteiger partial charge is 0.507 e. The van der Waals surface area contributed by atoms with Crippen LogP contribution in [0.3, 0.4) is 0 Å². The predicted molar refractivity (Wildman–Crippen MR) is 91.5 cm³/mol. The molecule has 118 valence electrons. The molecule has 22 heavy (non-hydrogen) atoms. The summed E-state index contributed by atoms with van der Waals surface area (Å²) in [4.78, 5) is 0. The van der Waals surface area contributed by atoms with Gasteiger partial charge in [-0.1, -0.05) is 24.3 Å². The second-order valence-corrected chi connectivity index (χ2v) is 10.7. The molecular formula is C18H24O3Si. The van der Waals surface area contributed by atoms with Crippen molar-refractivity contribution in [3.8, 4) is 5.75 Å². The molecule has 0 aliphatic heterocycles. The Labute approximate surface area is 133 Å². The maximum absolute atomic E-state index is 10.1. The van der Waals surface area contributed by atoms with E-state index in [2.05, 4.69) is 39.9 Å². The van der Waals surface area contributed by atoms with E-state index in [1.54, 1.807) is 6.07 Å². The lowest BCUT2D eigenvalue weighted by Crippen LogP contribution is -2.43. The van der Waals surface area contributed by atoms with Crippen LogP contribution in [0.2, 0.25) is 13.1 Å². The lowest BCUT2D eigenvalue weighted by molar-refractivity contribution is 0.0483. The van der Waals surface area contributed by atoms with Crippen molar-refractivity contribution in [2.75, 3.05) is 0 Å². The Morgan fingerprint density at radius 3 is 2.55 bits per heavy atom. The first-order chi connectivity index (χ1) is 10.2. The molecule has 2 aromatic carbocycles. The van der Waals surface area contributed by atoms with Crippen LogP contribution in [0.25, 0.3) is 10.8 Å². The van der Waals surface area contributed by atoms with E-state index >= 15 is 0 Å². The minimum Gasteiger partial charge on any atom is -0.507 e. The van der Waals surface area contributed by atoms with Crippen LogP contribution in [0.4, 0.5) is 0 Å². The molecule has 4 heteroatoms. The van der Waals surface area contributed by atoms with Gasteiger partial charge in [0.1, 0.15) is 5.75 Å². The summed E-state index contributed by atoms with van der Waals surface area (Å²) in [5.74, 6) is 0.337. The lowest BCUT2D eigenvalue weighted by atomic mass is 10.0. The van der Waals surface area contributed by atoms with Crippen LogP contribution in [0.5, 0.6) is 5.75 Å². The topological polar surface area (TPSA) is 38.7 Å². The van der Waals surface area contributed by atoms with Crippen molar-refractivity contribution in [1.82, 2.24) is 0 Å². The molecule has 0 radical (unpaired) electrons. The first-order valence-electron chi connectivity index (χ1n) is 7.78. The summed E-state index contributed by atoms with van der Waals surface area (Å²) >= 11 is 0. The number of aromatic hydroxyl groups is 1. The SMILES string of the molecule is CC(C)(C)O[Si](C)(C)OC1Cc2ccc(O)c3cccc1c23. The van der Waals surface area contributed by atoms with Crippen molar-refractivity contribution in [2.45, 2.75) is 52.0 Å². The molecule has 0 aromatic heterocycles. The van der Waals surface area contributed by atoms with Gasteiger partial charge < -0.3 is 14.0 Å².